The van der Waals surface area contributed by atoms with E-state index in [2.05, 4.69) is 47.1 Å². The molecule has 7 heteroatoms. The van der Waals surface area contributed by atoms with Gasteiger partial charge in [-0.05, 0) is 61.0 Å². The maximum absolute atomic E-state index is 12.2. The molecular weight excluding hydrogens is 414 g/mol. The molecule has 0 aliphatic heterocycles. The Kier molecular flexibility index (Phi) is 5.52. The molecule has 0 spiro atoms. The van der Waals surface area contributed by atoms with Gasteiger partial charge in [0.15, 0.2) is 6.10 Å². The number of ether oxygens (including phenoxy) is 1. The lowest BCUT2D eigenvalue weighted by atomic mass is 10.3. The first-order valence-electron chi connectivity index (χ1n) is 6.60. The number of carbonyl (C=O) groups excluding carboxylic acids is 1. The van der Waals surface area contributed by atoms with Gasteiger partial charge in [0.1, 0.15) is 5.75 Å². The molecule has 1 aromatic heterocycles. The monoisotopic (exact) mass is 427 g/mol. The standard InChI is InChI=1S/C15H15Br2N3O2/c1-8-6-9(2)19-15(18-8)20-14(21)10(3)22-13-5-4-11(16)7-12(13)17/h4-7,10H,1-3H3,(H,18,19,20,21). The van der Waals surface area contributed by atoms with Crippen molar-refractivity contribution < 1.29 is 9.53 Å². The molecule has 0 saturated carbocycles. The lowest BCUT2D eigenvalue weighted by Gasteiger charge is -2.15. The normalized spacial score (nSPS) is 11.9. The van der Waals surface area contributed by atoms with Gasteiger partial charge in [-0.1, -0.05) is 15.9 Å². The Morgan fingerprint density at radius 1 is 1.18 bits per heavy atom. The van der Waals surface area contributed by atoms with Crippen molar-refractivity contribution in [2.45, 2.75) is 26.9 Å². The summed E-state index contributed by atoms with van der Waals surface area (Å²) in [5.41, 5.74) is 1.60. The van der Waals surface area contributed by atoms with Crippen molar-refractivity contribution in [2.75, 3.05) is 5.32 Å². The van der Waals surface area contributed by atoms with Crippen LogP contribution in [-0.4, -0.2) is 22.0 Å². The number of halogens is 2. The number of hydrogen-bond acceptors (Lipinski definition) is 4. The van der Waals surface area contributed by atoms with Crippen molar-refractivity contribution in [3.05, 3.63) is 44.6 Å². The summed E-state index contributed by atoms with van der Waals surface area (Å²) in [6.45, 7) is 5.37. The highest BCUT2D eigenvalue weighted by atomic mass is 79.9. The zero-order valence-corrected chi connectivity index (χ0v) is 15.5. The van der Waals surface area contributed by atoms with E-state index < -0.39 is 6.10 Å². The quantitative estimate of drug-likeness (QED) is 0.798. The summed E-state index contributed by atoms with van der Waals surface area (Å²) in [4.78, 5) is 20.5. The van der Waals surface area contributed by atoms with Crippen molar-refractivity contribution in [3.63, 3.8) is 0 Å². The molecule has 116 valence electrons. The Morgan fingerprint density at radius 2 is 1.82 bits per heavy atom. The fourth-order valence-corrected chi connectivity index (χ4v) is 2.95. The van der Waals surface area contributed by atoms with Crippen molar-refractivity contribution >= 4 is 43.7 Å². The number of rotatable bonds is 4. The molecule has 0 saturated heterocycles. The lowest BCUT2D eigenvalue weighted by Crippen LogP contribution is -2.31. The van der Waals surface area contributed by atoms with Gasteiger partial charge in [-0.2, -0.15) is 0 Å². The van der Waals surface area contributed by atoms with Gasteiger partial charge in [0.25, 0.3) is 5.91 Å². The van der Waals surface area contributed by atoms with Crippen molar-refractivity contribution in [1.29, 1.82) is 0 Å². The predicted octanol–water partition coefficient (Wildman–Crippen LogP) is 4.02. The Bertz CT molecular complexity index is 687. The molecule has 0 fully saturated rings. The third-order valence-electron chi connectivity index (χ3n) is 2.78. The zero-order valence-electron chi connectivity index (χ0n) is 12.4. The minimum atomic E-state index is -0.679. The van der Waals surface area contributed by atoms with Crippen LogP contribution < -0.4 is 10.1 Å². The van der Waals surface area contributed by atoms with E-state index in [0.717, 1.165) is 20.3 Å². The molecular formula is C15H15Br2N3O2. The number of hydrogen-bond donors (Lipinski definition) is 1. The van der Waals surface area contributed by atoms with Gasteiger partial charge >= 0.3 is 0 Å². The summed E-state index contributed by atoms with van der Waals surface area (Å²) in [7, 11) is 0. The summed E-state index contributed by atoms with van der Waals surface area (Å²) >= 11 is 6.77. The van der Waals surface area contributed by atoms with Crippen molar-refractivity contribution in [3.8, 4) is 5.75 Å². The predicted molar refractivity (Wildman–Crippen MR) is 92.1 cm³/mol. The highest BCUT2D eigenvalue weighted by molar-refractivity contribution is 9.11. The second-order valence-electron chi connectivity index (χ2n) is 4.80. The van der Waals surface area contributed by atoms with Crippen molar-refractivity contribution in [2.24, 2.45) is 0 Å². The summed E-state index contributed by atoms with van der Waals surface area (Å²) in [5.74, 6) is 0.569. The number of nitrogens with one attached hydrogen (secondary N) is 1. The maximum atomic E-state index is 12.2. The van der Waals surface area contributed by atoms with E-state index in [0.29, 0.717) is 5.75 Å². The molecule has 2 rings (SSSR count). The highest BCUT2D eigenvalue weighted by Gasteiger charge is 2.17. The Hall–Kier alpha value is -1.47. The molecule has 1 atom stereocenters. The smallest absolute Gasteiger partial charge is 0.267 e. The van der Waals surface area contributed by atoms with Crippen LogP contribution in [0.25, 0.3) is 0 Å². The van der Waals surface area contributed by atoms with Gasteiger partial charge in [-0.3, -0.25) is 10.1 Å². The summed E-state index contributed by atoms with van der Waals surface area (Å²) in [6, 6.07) is 7.32. The molecule has 5 nitrogen and oxygen atoms in total. The van der Waals surface area contributed by atoms with Gasteiger partial charge < -0.3 is 4.74 Å². The SMILES string of the molecule is Cc1cc(C)nc(NC(=O)C(C)Oc2ccc(Br)cc2Br)n1. The molecule has 22 heavy (non-hydrogen) atoms. The first-order valence-corrected chi connectivity index (χ1v) is 8.18. The van der Waals surface area contributed by atoms with Crippen molar-refractivity contribution in [1.82, 2.24) is 9.97 Å². The van der Waals surface area contributed by atoms with Gasteiger partial charge in [-0.15, -0.1) is 0 Å². The third-order valence-corrected chi connectivity index (χ3v) is 3.90. The van der Waals surface area contributed by atoms with E-state index in [4.69, 9.17) is 4.74 Å². The molecule has 0 aliphatic rings. The molecule has 1 heterocycles. The Morgan fingerprint density at radius 3 is 2.41 bits per heavy atom. The minimum Gasteiger partial charge on any atom is -0.480 e. The van der Waals surface area contributed by atoms with Crippen LogP contribution in [0.15, 0.2) is 33.2 Å². The summed E-state index contributed by atoms with van der Waals surface area (Å²) in [5, 5.41) is 2.66. The molecule has 0 bridgehead atoms. The number of anilines is 1. The molecule has 1 aromatic carbocycles. The average molecular weight is 429 g/mol. The number of benzene rings is 1. The van der Waals surface area contributed by atoms with Crippen LogP contribution in [0, 0.1) is 13.8 Å². The van der Waals surface area contributed by atoms with E-state index in [1.165, 1.54) is 0 Å². The topological polar surface area (TPSA) is 64.1 Å². The van der Waals surface area contributed by atoms with Crippen LogP contribution in [0.5, 0.6) is 5.75 Å². The molecule has 1 unspecified atom stereocenters. The molecule has 1 amide bonds. The zero-order chi connectivity index (χ0) is 16.3. The summed E-state index contributed by atoms with van der Waals surface area (Å²) < 4.78 is 7.35. The van der Waals surface area contributed by atoms with Gasteiger partial charge in [-0.25, -0.2) is 9.97 Å². The van der Waals surface area contributed by atoms with Crippen LogP contribution in [-0.2, 0) is 4.79 Å². The number of carbonyl (C=O) groups is 1. The molecule has 0 radical (unpaired) electrons. The summed E-state index contributed by atoms with van der Waals surface area (Å²) in [6.07, 6.45) is -0.679. The van der Waals surface area contributed by atoms with E-state index in [1.807, 2.05) is 32.0 Å². The Balaban J connectivity index is 2.05. The van der Waals surface area contributed by atoms with Crippen LogP contribution in [0.4, 0.5) is 5.95 Å². The van der Waals surface area contributed by atoms with E-state index >= 15 is 0 Å². The fraction of sp³-hybridized carbons (Fsp3) is 0.267. The van der Waals surface area contributed by atoms with Crippen LogP contribution >= 0.6 is 31.9 Å². The first kappa shape index (κ1) is 16.9. The number of aromatic nitrogens is 2. The highest BCUT2D eigenvalue weighted by Crippen LogP contribution is 2.29. The molecule has 0 aliphatic carbocycles. The lowest BCUT2D eigenvalue weighted by molar-refractivity contribution is -0.122. The number of amides is 1. The van der Waals surface area contributed by atoms with E-state index in [-0.39, 0.29) is 11.9 Å². The van der Waals surface area contributed by atoms with Crippen LogP contribution in [0.2, 0.25) is 0 Å². The second kappa shape index (κ2) is 7.19. The minimum absolute atomic E-state index is 0.285. The van der Waals surface area contributed by atoms with Crippen LogP contribution in [0.1, 0.15) is 18.3 Å². The second-order valence-corrected chi connectivity index (χ2v) is 6.57. The van der Waals surface area contributed by atoms with Crippen LogP contribution in [0.3, 0.4) is 0 Å². The first-order chi connectivity index (χ1) is 10.3. The maximum Gasteiger partial charge on any atom is 0.267 e. The van der Waals surface area contributed by atoms with Gasteiger partial charge in [0, 0.05) is 15.9 Å². The van der Waals surface area contributed by atoms with E-state index in [1.54, 1.807) is 13.0 Å². The largest absolute Gasteiger partial charge is 0.480 e. The van der Waals surface area contributed by atoms with Gasteiger partial charge in [0.05, 0.1) is 4.47 Å². The fourth-order valence-electron chi connectivity index (χ4n) is 1.81. The number of aryl methyl sites for hydroxylation is 2. The molecule has 1 N–H and O–H groups in total. The van der Waals surface area contributed by atoms with Gasteiger partial charge in [0.2, 0.25) is 5.95 Å². The average Bonchev–Trinajstić information content (AvgIpc) is 2.40. The Labute approximate surface area is 145 Å². The molecule has 2 aromatic rings. The third kappa shape index (κ3) is 4.51. The van der Waals surface area contributed by atoms with E-state index in [9.17, 15) is 4.79 Å². The number of nitrogens with zero attached hydrogens (tertiary/aromatic N) is 2.